The number of halogens is 4. The third-order valence-corrected chi connectivity index (χ3v) is 3.88. The first-order valence-electron chi connectivity index (χ1n) is 3.21. The zero-order valence-corrected chi connectivity index (χ0v) is 10.1. The lowest BCUT2D eigenvalue weighted by molar-refractivity contribution is -0.391. The molecule has 0 aliphatic heterocycles. The summed E-state index contributed by atoms with van der Waals surface area (Å²) in [5.41, 5.74) is -0.648. The number of pyridine rings is 1. The SMILES string of the molecule is O=[N+]([O-])c1ncc(Br)c(I)c1C(F)F. The van der Waals surface area contributed by atoms with Crippen LogP contribution in [0.5, 0.6) is 0 Å². The van der Waals surface area contributed by atoms with Gasteiger partial charge in [0.05, 0.1) is 4.47 Å². The van der Waals surface area contributed by atoms with Crippen LogP contribution in [0.25, 0.3) is 0 Å². The normalized spacial score (nSPS) is 10.6. The molecule has 0 aromatic carbocycles. The van der Waals surface area contributed by atoms with Crippen LogP contribution in [0.15, 0.2) is 10.7 Å². The summed E-state index contributed by atoms with van der Waals surface area (Å²) < 4.78 is 25.3. The molecule has 0 atom stereocenters. The Bertz CT molecular complexity index is 388. The fourth-order valence-corrected chi connectivity index (χ4v) is 1.74. The number of nitro groups is 1. The van der Waals surface area contributed by atoms with E-state index < -0.39 is 22.7 Å². The maximum absolute atomic E-state index is 12.5. The Hall–Kier alpha value is -0.380. The van der Waals surface area contributed by atoms with E-state index in [-0.39, 0.29) is 3.57 Å². The molecular formula is C6H2BrF2IN2O2. The Kier molecular flexibility index (Phi) is 3.70. The maximum Gasteiger partial charge on any atom is 0.373 e. The molecule has 1 heterocycles. The van der Waals surface area contributed by atoms with Gasteiger partial charge in [-0.2, -0.15) is 0 Å². The van der Waals surface area contributed by atoms with Crippen molar-refractivity contribution < 1.29 is 13.7 Å². The van der Waals surface area contributed by atoms with Gasteiger partial charge in [0.2, 0.25) is 0 Å². The van der Waals surface area contributed by atoms with E-state index in [9.17, 15) is 18.9 Å². The van der Waals surface area contributed by atoms with Crippen molar-refractivity contribution in [2.24, 2.45) is 0 Å². The number of hydrogen-bond acceptors (Lipinski definition) is 3. The van der Waals surface area contributed by atoms with Crippen molar-refractivity contribution in [3.8, 4) is 0 Å². The van der Waals surface area contributed by atoms with Gasteiger partial charge in [0, 0.05) is 3.57 Å². The molecule has 0 spiro atoms. The van der Waals surface area contributed by atoms with Gasteiger partial charge in [0.1, 0.15) is 5.56 Å². The van der Waals surface area contributed by atoms with E-state index in [0.717, 1.165) is 6.20 Å². The summed E-state index contributed by atoms with van der Waals surface area (Å²) in [6.45, 7) is 0. The van der Waals surface area contributed by atoms with Crippen LogP contribution in [0.1, 0.15) is 12.0 Å². The average molecular weight is 379 g/mol. The van der Waals surface area contributed by atoms with Crippen molar-refractivity contribution >= 4 is 44.3 Å². The fraction of sp³-hybridized carbons (Fsp3) is 0.167. The largest absolute Gasteiger partial charge is 0.373 e. The molecule has 0 N–H and O–H groups in total. The Morgan fingerprint density at radius 3 is 2.64 bits per heavy atom. The second-order valence-electron chi connectivity index (χ2n) is 2.22. The maximum atomic E-state index is 12.5. The lowest BCUT2D eigenvalue weighted by atomic mass is 10.3. The molecule has 0 radical (unpaired) electrons. The zero-order chi connectivity index (χ0) is 10.9. The van der Waals surface area contributed by atoms with Gasteiger partial charge in [-0.3, -0.25) is 0 Å². The molecule has 0 bridgehead atoms. The van der Waals surface area contributed by atoms with Crippen molar-refractivity contribution in [3.05, 3.63) is 29.9 Å². The van der Waals surface area contributed by atoms with E-state index in [1.807, 2.05) is 0 Å². The van der Waals surface area contributed by atoms with Gasteiger partial charge in [-0.05, 0) is 48.4 Å². The minimum Gasteiger partial charge on any atom is -0.358 e. The summed E-state index contributed by atoms with van der Waals surface area (Å²) in [5, 5.41) is 10.4. The van der Waals surface area contributed by atoms with Crippen LogP contribution in [-0.4, -0.2) is 9.91 Å². The quantitative estimate of drug-likeness (QED) is 0.450. The van der Waals surface area contributed by atoms with Crippen LogP contribution in [0.3, 0.4) is 0 Å². The first-order chi connectivity index (χ1) is 6.45. The van der Waals surface area contributed by atoms with Crippen molar-refractivity contribution in [1.29, 1.82) is 0 Å². The summed E-state index contributed by atoms with van der Waals surface area (Å²) in [6, 6.07) is 0. The number of nitrogens with zero attached hydrogens (tertiary/aromatic N) is 2. The van der Waals surface area contributed by atoms with Crippen molar-refractivity contribution in [2.75, 3.05) is 0 Å². The van der Waals surface area contributed by atoms with Gasteiger partial charge in [0.25, 0.3) is 6.43 Å². The lowest BCUT2D eigenvalue weighted by Crippen LogP contribution is -2.02. The van der Waals surface area contributed by atoms with E-state index >= 15 is 0 Å². The van der Waals surface area contributed by atoms with Gasteiger partial charge in [-0.1, -0.05) is 0 Å². The predicted octanol–water partition coefficient (Wildman–Crippen LogP) is 3.29. The molecule has 0 saturated heterocycles. The number of hydrogen-bond donors (Lipinski definition) is 0. The van der Waals surface area contributed by atoms with E-state index in [1.54, 1.807) is 22.6 Å². The minimum absolute atomic E-state index is 0.110. The number of rotatable bonds is 2. The predicted molar refractivity (Wildman–Crippen MR) is 56.3 cm³/mol. The molecule has 8 heteroatoms. The van der Waals surface area contributed by atoms with E-state index in [4.69, 9.17) is 0 Å². The summed E-state index contributed by atoms with van der Waals surface area (Å²) in [5.74, 6) is -0.799. The molecule has 1 aromatic heterocycles. The second kappa shape index (κ2) is 4.43. The summed E-state index contributed by atoms with van der Waals surface area (Å²) >= 11 is 4.58. The van der Waals surface area contributed by atoms with Crippen LogP contribution in [0, 0.1) is 13.7 Å². The summed E-state index contributed by atoms with van der Waals surface area (Å²) in [6.07, 6.45) is -1.78. The zero-order valence-electron chi connectivity index (χ0n) is 6.38. The lowest BCUT2D eigenvalue weighted by Gasteiger charge is -2.04. The Morgan fingerprint density at radius 1 is 1.64 bits per heavy atom. The highest BCUT2D eigenvalue weighted by Gasteiger charge is 2.27. The number of alkyl halides is 2. The van der Waals surface area contributed by atoms with Crippen molar-refractivity contribution in [2.45, 2.75) is 6.43 Å². The molecule has 0 fully saturated rings. The molecule has 0 aliphatic rings. The van der Waals surface area contributed by atoms with Gasteiger partial charge in [0.15, 0.2) is 6.20 Å². The minimum atomic E-state index is -2.91. The van der Waals surface area contributed by atoms with Crippen LogP contribution in [0.4, 0.5) is 14.6 Å². The first kappa shape index (κ1) is 11.7. The van der Waals surface area contributed by atoms with Crippen LogP contribution in [0.2, 0.25) is 0 Å². The summed E-state index contributed by atoms with van der Waals surface area (Å²) in [4.78, 5) is 12.8. The fourth-order valence-electron chi connectivity index (χ4n) is 0.810. The Labute approximate surface area is 99.1 Å². The second-order valence-corrected chi connectivity index (χ2v) is 4.15. The third-order valence-electron chi connectivity index (χ3n) is 1.38. The number of aromatic nitrogens is 1. The van der Waals surface area contributed by atoms with Gasteiger partial charge < -0.3 is 10.1 Å². The summed E-state index contributed by atoms with van der Waals surface area (Å²) in [7, 11) is 0. The van der Waals surface area contributed by atoms with Crippen molar-refractivity contribution in [3.63, 3.8) is 0 Å². The van der Waals surface area contributed by atoms with E-state index in [2.05, 4.69) is 20.9 Å². The molecule has 0 unspecified atom stereocenters. The van der Waals surface area contributed by atoms with Gasteiger partial charge >= 0.3 is 5.82 Å². The molecule has 14 heavy (non-hydrogen) atoms. The molecule has 76 valence electrons. The molecule has 0 saturated carbocycles. The first-order valence-corrected chi connectivity index (χ1v) is 5.08. The molecule has 0 aliphatic carbocycles. The van der Waals surface area contributed by atoms with Gasteiger partial charge in [-0.25, -0.2) is 8.78 Å². The topological polar surface area (TPSA) is 56.0 Å². The van der Waals surface area contributed by atoms with Crippen LogP contribution >= 0.6 is 38.5 Å². The Morgan fingerprint density at radius 2 is 2.21 bits per heavy atom. The molecule has 0 amide bonds. The molecule has 4 nitrogen and oxygen atoms in total. The smallest absolute Gasteiger partial charge is 0.358 e. The van der Waals surface area contributed by atoms with E-state index in [1.165, 1.54) is 0 Å². The highest BCUT2D eigenvalue weighted by Crippen LogP contribution is 2.34. The molecule has 1 aromatic rings. The third kappa shape index (κ3) is 2.16. The standard InChI is InChI=1S/C6H2BrF2IN2O2/c7-2-1-11-6(12(13)14)3(4(2)10)5(8)9/h1,5H. The molecule has 1 rings (SSSR count). The van der Waals surface area contributed by atoms with Crippen molar-refractivity contribution in [1.82, 2.24) is 4.98 Å². The molecular weight excluding hydrogens is 377 g/mol. The average Bonchev–Trinajstić information content (AvgIpc) is 2.08. The highest BCUT2D eigenvalue weighted by molar-refractivity contribution is 14.1. The van der Waals surface area contributed by atoms with Crippen LogP contribution < -0.4 is 0 Å². The van der Waals surface area contributed by atoms with E-state index in [0.29, 0.717) is 4.47 Å². The van der Waals surface area contributed by atoms with Gasteiger partial charge in [-0.15, -0.1) is 0 Å². The monoisotopic (exact) mass is 378 g/mol. The highest BCUT2D eigenvalue weighted by atomic mass is 127. The van der Waals surface area contributed by atoms with Crippen LogP contribution in [-0.2, 0) is 0 Å². The Balaban J connectivity index is 3.45.